The SMILES string of the molecule is CCCCC/C=C\C/C=C\CCCCCCCC(=O)OCCCCCCCCCCCCCCCCCCCCCCCCCCCCCC(C)C. The summed E-state index contributed by atoms with van der Waals surface area (Å²) in [5, 5.41) is 0. The van der Waals surface area contributed by atoms with E-state index < -0.39 is 0 Å². The molecule has 0 aromatic carbocycles. The van der Waals surface area contributed by atoms with E-state index in [1.54, 1.807) is 0 Å². The molecule has 0 N–H and O–H groups in total. The topological polar surface area (TPSA) is 26.3 Å². The Hall–Kier alpha value is -1.05. The Labute approximate surface area is 329 Å². The summed E-state index contributed by atoms with van der Waals surface area (Å²) in [6, 6.07) is 0. The molecule has 0 aromatic heterocycles. The molecule has 2 nitrogen and oxygen atoms in total. The van der Waals surface area contributed by atoms with Gasteiger partial charge in [-0.15, -0.1) is 0 Å². The Morgan fingerprint density at radius 2 is 0.731 bits per heavy atom. The predicted molar refractivity (Wildman–Crippen MR) is 234 cm³/mol. The van der Waals surface area contributed by atoms with Crippen LogP contribution < -0.4 is 0 Å². The lowest BCUT2D eigenvalue weighted by atomic mass is 10.0. The average Bonchev–Trinajstić information content (AvgIpc) is 3.13. The van der Waals surface area contributed by atoms with E-state index in [1.807, 2.05) is 0 Å². The fourth-order valence-corrected chi connectivity index (χ4v) is 7.41. The van der Waals surface area contributed by atoms with Gasteiger partial charge in [0.05, 0.1) is 6.61 Å². The molecule has 0 atom stereocenters. The van der Waals surface area contributed by atoms with Gasteiger partial charge in [-0.1, -0.05) is 251 Å². The molecule has 2 heteroatoms. The molecule has 308 valence electrons. The summed E-state index contributed by atoms with van der Waals surface area (Å²) < 4.78 is 5.47. The van der Waals surface area contributed by atoms with Crippen LogP contribution in [0.15, 0.2) is 24.3 Å². The number of carbonyl (C=O) groups excluding carboxylic acids is 1. The first kappa shape index (κ1) is 51.0. The number of allylic oxidation sites excluding steroid dienone is 4. The Kier molecular flexibility index (Phi) is 45.2. The lowest BCUT2D eigenvalue weighted by Crippen LogP contribution is -2.05. The van der Waals surface area contributed by atoms with Gasteiger partial charge in [0, 0.05) is 6.42 Å². The molecule has 52 heavy (non-hydrogen) atoms. The largest absolute Gasteiger partial charge is 0.466 e. The molecule has 0 unspecified atom stereocenters. The Morgan fingerprint density at radius 1 is 0.404 bits per heavy atom. The molecule has 0 amide bonds. The van der Waals surface area contributed by atoms with E-state index in [1.165, 1.54) is 225 Å². The molecule has 0 aliphatic carbocycles. The van der Waals surface area contributed by atoms with Crippen molar-refractivity contribution in [1.82, 2.24) is 0 Å². The minimum atomic E-state index is 0.0146. The van der Waals surface area contributed by atoms with E-state index in [-0.39, 0.29) is 5.97 Å². The second kappa shape index (κ2) is 46.1. The summed E-state index contributed by atoms with van der Waals surface area (Å²) in [6.07, 6.45) is 63.1. The number of rotatable bonds is 44. The number of ether oxygens (including phenoxy) is 1. The van der Waals surface area contributed by atoms with Gasteiger partial charge < -0.3 is 4.74 Å². The Morgan fingerprint density at radius 3 is 1.12 bits per heavy atom. The van der Waals surface area contributed by atoms with Gasteiger partial charge in [-0.3, -0.25) is 4.79 Å². The van der Waals surface area contributed by atoms with Crippen LogP contribution in [-0.4, -0.2) is 12.6 Å². The molecule has 0 bridgehead atoms. The molecule has 0 saturated carbocycles. The third-order valence-electron chi connectivity index (χ3n) is 11.0. The summed E-state index contributed by atoms with van der Waals surface area (Å²) in [5.74, 6) is 0.902. The van der Waals surface area contributed by atoms with Crippen LogP contribution in [0.25, 0.3) is 0 Å². The van der Waals surface area contributed by atoms with Crippen molar-refractivity contribution in [3.05, 3.63) is 24.3 Å². The summed E-state index contributed by atoms with van der Waals surface area (Å²) in [5.41, 5.74) is 0. The highest BCUT2D eigenvalue weighted by Crippen LogP contribution is 2.17. The van der Waals surface area contributed by atoms with E-state index in [0.717, 1.165) is 31.6 Å². The van der Waals surface area contributed by atoms with Gasteiger partial charge in [-0.2, -0.15) is 0 Å². The molecule has 0 fully saturated rings. The highest BCUT2D eigenvalue weighted by atomic mass is 16.5. The molecule has 0 rings (SSSR count). The predicted octanol–water partition coefficient (Wildman–Crippen LogP) is 17.9. The van der Waals surface area contributed by atoms with Crippen molar-refractivity contribution in [1.29, 1.82) is 0 Å². The zero-order valence-corrected chi connectivity index (χ0v) is 36.2. The molecule has 0 spiro atoms. The quantitative estimate of drug-likeness (QED) is 0.0355. The molecule has 0 aliphatic heterocycles. The van der Waals surface area contributed by atoms with Gasteiger partial charge in [-0.25, -0.2) is 0 Å². The van der Waals surface area contributed by atoms with E-state index >= 15 is 0 Å². The van der Waals surface area contributed by atoms with Crippen LogP contribution in [0.4, 0.5) is 0 Å². The van der Waals surface area contributed by atoms with Crippen molar-refractivity contribution < 1.29 is 9.53 Å². The average molecular weight is 729 g/mol. The molecule has 0 radical (unpaired) electrons. The van der Waals surface area contributed by atoms with Gasteiger partial charge in [0.2, 0.25) is 0 Å². The number of carbonyl (C=O) groups is 1. The van der Waals surface area contributed by atoms with Crippen molar-refractivity contribution in [2.75, 3.05) is 6.61 Å². The molecule has 0 aromatic rings. The molecular formula is C50H96O2. The fraction of sp³-hybridized carbons (Fsp3) is 0.900. The summed E-state index contributed by atoms with van der Waals surface area (Å²) in [7, 11) is 0. The Bertz CT molecular complexity index is 722. The summed E-state index contributed by atoms with van der Waals surface area (Å²) >= 11 is 0. The first-order valence-electron chi connectivity index (χ1n) is 24.1. The maximum absolute atomic E-state index is 12.0. The summed E-state index contributed by atoms with van der Waals surface area (Å²) in [4.78, 5) is 12.0. The molecule has 0 heterocycles. The number of esters is 1. The van der Waals surface area contributed by atoms with Crippen LogP contribution in [0.3, 0.4) is 0 Å². The van der Waals surface area contributed by atoms with Gasteiger partial charge in [-0.05, 0) is 50.9 Å². The fourth-order valence-electron chi connectivity index (χ4n) is 7.41. The van der Waals surface area contributed by atoms with Crippen LogP contribution in [-0.2, 0) is 9.53 Å². The van der Waals surface area contributed by atoms with Crippen LogP contribution in [0.2, 0.25) is 0 Å². The van der Waals surface area contributed by atoms with E-state index in [9.17, 15) is 4.79 Å². The third-order valence-corrected chi connectivity index (χ3v) is 11.0. The lowest BCUT2D eigenvalue weighted by molar-refractivity contribution is -0.143. The van der Waals surface area contributed by atoms with Gasteiger partial charge in [0.15, 0.2) is 0 Å². The number of hydrogen-bond acceptors (Lipinski definition) is 2. The van der Waals surface area contributed by atoms with Crippen LogP contribution in [0, 0.1) is 5.92 Å². The monoisotopic (exact) mass is 729 g/mol. The molecular weight excluding hydrogens is 633 g/mol. The minimum absolute atomic E-state index is 0.0146. The normalized spacial score (nSPS) is 11.9. The second-order valence-electron chi connectivity index (χ2n) is 16.9. The second-order valence-corrected chi connectivity index (χ2v) is 16.9. The lowest BCUT2D eigenvalue weighted by Gasteiger charge is -2.06. The molecule has 0 aliphatic rings. The van der Waals surface area contributed by atoms with Gasteiger partial charge in [0.25, 0.3) is 0 Å². The van der Waals surface area contributed by atoms with Crippen LogP contribution in [0.5, 0.6) is 0 Å². The minimum Gasteiger partial charge on any atom is -0.466 e. The number of unbranched alkanes of at least 4 members (excludes halogenated alkanes) is 34. The first-order valence-corrected chi connectivity index (χ1v) is 24.1. The number of hydrogen-bond donors (Lipinski definition) is 0. The van der Waals surface area contributed by atoms with E-state index in [0.29, 0.717) is 13.0 Å². The summed E-state index contributed by atoms with van der Waals surface area (Å²) in [6.45, 7) is 7.57. The van der Waals surface area contributed by atoms with Crippen molar-refractivity contribution in [2.45, 2.75) is 278 Å². The highest BCUT2D eigenvalue weighted by molar-refractivity contribution is 5.69. The maximum atomic E-state index is 12.0. The van der Waals surface area contributed by atoms with Crippen molar-refractivity contribution in [3.8, 4) is 0 Å². The molecule has 0 saturated heterocycles. The smallest absolute Gasteiger partial charge is 0.305 e. The van der Waals surface area contributed by atoms with Crippen molar-refractivity contribution in [2.24, 2.45) is 5.92 Å². The third kappa shape index (κ3) is 47.0. The standard InChI is InChI=1S/C50H96O2/c1-4-5-6-7-8-9-10-11-25-29-32-35-38-41-44-47-50(51)52-48-45-42-39-36-33-30-27-24-22-20-18-16-14-12-13-15-17-19-21-23-26-28-31-34-37-40-43-46-49(2)3/h8-9,11,25,49H,4-7,10,12-24,26-48H2,1-3H3/b9-8-,25-11-. The van der Waals surface area contributed by atoms with Gasteiger partial charge in [0.1, 0.15) is 0 Å². The van der Waals surface area contributed by atoms with E-state index in [2.05, 4.69) is 45.1 Å². The van der Waals surface area contributed by atoms with Crippen molar-refractivity contribution >= 4 is 5.97 Å². The van der Waals surface area contributed by atoms with Crippen LogP contribution >= 0.6 is 0 Å². The highest BCUT2D eigenvalue weighted by Gasteiger charge is 2.03. The van der Waals surface area contributed by atoms with Crippen molar-refractivity contribution in [3.63, 3.8) is 0 Å². The zero-order chi connectivity index (χ0) is 37.7. The zero-order valence-electron chi connectivity index (χ0n) is 36.2. The van der Waals surface area contributed by atoms with Gasteiger partial charge >= 0.3 is 5.97 Å². The first-order chi connectivity index (χ1) is 25.7. The van der Waals surface area contributed by atoms with Crippen LogP contribution in [0.1, 0.15) is 278 Å². The maximum Gasteiger partial charge on any atom is 0.305 e. The Balaban J connectivity index is 3.17. The van der Waals surface area contributed by atoms with E-state index in [4.69, 9.17) is 4.74 Å².